The van der Waals surface area contributed by atoms with Crippen LogP contribution in [0, 0.1) is 0 Å². The Bertz CT molecular complexity index is 499. The van der Waals surface area contributed by atoms with E-state index in [1.807, 2.05) is 0 Å². The second-order valence-corrected chi connectivity index (χ2v) is 5.88. The van der Waals surface area contributed by atoms with E-state index in [1.165, 1.54) is 6.07 Å². The molecule has 0 aliphatic rings. The summed E-state index contributed by atoms with van der Waals surface area (Å²) in [5.74, 6) is -1.15. The number of nitrogens with one attached hydrogen (secondary N) is 1. The summed E-state index contributed by atoms with van der Waals surface area (Å²) in [4.78, 5) is 11.0. The van der Waals surface area contributed by atoms with Gasteiger partial charge in [-0.15, -0.1) is 11.8 Å². The van der Waals surface area contributed by atoms with Gasteiger partial charge in [-0.3, -0.25) is 4.79 Å². The molecule has 0 radical (unpaired) electrons. The van der Waals surface area contributed by atoms with E-state index in [-0.39, 0.29) is 10.6 Å². The number of carboxylic acids is 1. The lowest BCUT2D eigenvalue weighted by molar-refractivity contribution is -0.133. The van der Waals surface area contributed by atoms with E-state index in [2.05, 4.69) is 4.72 Å². The summed E-state index contributed by atoms with van der Waals surface area (Å²) in [5.41, 5.74) is 0. The molecule has 0 amide bonds. The van der Waals surface area contributed by atoms with Crippen LogP contribution in [0.4, 0.5) is 0 Å². The molecule has 1 aromatic rings. The van der Waals surface area contributed by atoms with Crippen LogP contribution < -0.4 is 4.72 Å². The number of benzene rings is 1. The molecule has 7 heteroatoms. The van der Waals surface area contributed by atoms with Crippen molar-refractivity contribution in [2.45, 2.75) is 16.7 Å². The Morgan fingerprint density at radius 2 is 2.06 bits per heavy atom. The Morgan fingerprint density at radius 3 is 2.65 bits per heavy atom. The molecule has 0 spiro atoms. The minimum Gasteiger partial charge on any atom is -0.481 e. The highest BCUT2D eigenvalue weighted by atomic mass is 32.2. The van der Waals surface area contributed by atoms with Crippen molar-refractivity contribution in [3.05, 3.63) is 24.3 Å². The van der Waals surface area contributed by atoms with Crippen molar-refractivity contribution in [2.24, 2.45) is 0 Å². The van der Waals surface area contributed by atoms with Crippen LogP contribution in [-0.4, -0.2) is 31.8 Å². The maximum absolute atomic E-state index is 11.8. The van der Waals surface area contributed by atoms with Crippen molar-refractivity contribution in [3.8, 4) is 0 Å². The maximum Gasteiger partial charge on any atom is 0.313 e. The summed E-state index contributed by atoms with van der Waals surface area (Å²) in [6, 6.07) is 6.34. The topological polar surface area (TPSA) is 83.5 Å². The largest absolute Gasteiger partial charge is 0.481 e. The lowest BCUT2D eigenvalue weighted by atomic mass is 10.4. The van der Waals surface area contributed by atoms with Crippen LogP contribution in [-0.2, 0) is 14.8 Å². The van der Waals surface area contributed by atoms with Crippen LogP contribution in [0.1, 0.15) is 6.92 Å². The van der Waals surface area contributed by atoms with Crippen molar-refractivity contribution < 1.29 is 18.3 Å². The molecule has 0 saturated carbocycles. The molecule has 0 fully saturated rings. The maximum atomic E-state index is 11.8. The lowest BCUT2D eigenvalue weighted by Crippen LogP contribution is -2.23. The number of hydrogen-bond donors (Lipinski definition) is 2. The monoisotopic (exact) mass is 275 g/mol. The fourth-order valence-corrected chi connectivity index (χ4v) is 3.49. The average molecular weight is 275 g/mol. The third kappa shape index (κ3) is 4.03. The van der Waals surface area contributed by atoms with Gasteiger partial charge in [0.15, 0.2) is 0 Å². The lowest BCUT2D eigenvalue weighted by Gasteiger charge is -2.09. The minimum absolute atomic E-state index is 0.119. The molecule has 5 nitrogen and oxygen atoms in total. The van der Waals surface area contributed by atoms with Gasteiger partial charge in [-0.1, -0.05) is 19.1 Å². The van der Waals surface area contributed by atoms with E-state index in [0.717, 1.165) is 11.8 Å². The Kier molecular flexibility index (Phi) is 4.98. The van der Waals surface area contributed by atoms with Crippen molar-refractivity contribution in [1.29, 1.82) is 0 Å². The van der Waals surface area contributed by atoms with E-state index < -0.39 is 16.0 Å². The smallest absolute Gasteiger partial charge is 0.313 e. The molecule has 1 aromatic carbocycles. The first-order valence-electron chi connectivity index (χ1n) is 4.90. The number of carbonyl (C=O) groups is 1. The van der Waals surface area contributed by atoms with Crippen LogP contribution in [0.25, 0.3) is 0 Å². The summed E-state index contributed by atoms with van der Waals surface area (Å²) in [7, 11) is -3.55. The summed E-state index contributed by atoms with van der Waals surface area (Å²) < 4.78 is 26.0. The minimum atomic E-state index is -3.55. The number of rotatable bonds is 6. The average Bonchev–Trinajstić information content (AvgIpc) is 2.26. The van der Waals surface area contributed by atoms with Gasteiger partial charge in [0.25, 0.3) is 0 Å². The van der Waals surface area contributed by atoms with Crippen molar-refractivity contribution in [1.82, 2.24) is 4.72 Å². The molecule has 0 heterocycles. The third-order valence-corrected chi connectivity index (χ3v) is 4.62. The van der Waals surface area contributed by atoms with Gasteiger partial charge in [-0.2, -0.15) is 0 Å². The Morgan fingerprint density at radius 1 is 1.41 bits per heavy atom. The van der Waals surface area contributed by atoms with Crippen LogP contribution in [0.15, 0.2) is 34.1 Å². The molecule has 0 aliphatic heterocycles. The van der Waals surface area contributed by atoms with Gasteiger partial charge >= 0.3 is 5.97 Å². The first kappa shape index (κ1) is 14.0. The summed E-state index contributed by atoms with van der Waals surface area (Å²) in [6.07, 6.45) is 0. The molecule has 94 valence electrons. The molecular weight excluding hydrogens is 262 g/mol. The highest BCUT2D eigenvalue weighted by molar-refractivity contribution is 8.00. The van der Waals surface area contributed by atoms with Gasteiger partial charge in [0.1, 0.15) is 0 Å². The molecule has 0 atom stereocenters. The SMILES string of the molecule is CCNS(=O)(=O)c1ccccc1SCC(=O)O. The Labute approximate surface area is 104 Å². The van der Waals surface area contributed by atoms with Gasteiger partial charge in [-0.05, 0) is 12.1 Å². The molecule has 0 aromatic heterocycles. The van der Waals surface area contributed by atoms with Crippen LogP contribution in [0.3, 0.4) is 0 Å². The van der Waals surface area contributed by atoms with Gasteiger partial charge < -0.3 is 5.11 Å². The van der Waals surface area contributed by atoms with Crippen LogP contribution >= 0.6 is 11.8 Å². The zero-order valence-corrected chi connectivity index (χ0v) is 10.8. The molecule has 1 rings (SSSR count). The predicted molar refractivity (Wildman–Crippen MR) is 65.7 cm³/mol. The molecule has 0 saturated heterocycles. The molecule has 0 unspecified atom stereocenters. The van der Waals surface area contributed by atoms with E-state index in [9.17, 15) is 13.2 Å². The number of sulfonamides is 1. The first-order chi connectivity index (χ1) is 7.97. The Balaban J connectivity index is 3.03. The van der Waals surface area contributed by atoms with E-state index >= 15 is 0 Å². The van der Waals surface area contributed by atoms with Gasteiger partial charge in [-0.25, -0.2) is 13.1 Å². The van der Waals surface area contributed by atoms with Gasteiger partial charge in [0.2, 0.25) is 10.0 Å². The standard InChI is InChI=1S/C10H13NO4S2/c1-2-11-17(14,15)9-6-4-3-5-8(9)16-7-10(12)13/h3-6,11H,2,7H2,1H3,(H,12,13). The number of aliphatic carboxylic acids is 1. The number of thioether (sulfide) groups is 1. The predicted octanol–water partition coefficient (Wildman–Crippen LogP) is 1.16. The zero-order valence-electron chi connectivity index (χ0n) is 9.21. The highest BCUT2D eigenvalue weighted by Crippen LogP contribution is 2.25. The van der Waals surface area contributed by atoms with Crippen molar-refractivity contribution >= 4 is 27.8 Å². The molecule has 2 N–H and O–H groups in total. The summed E-state index contributed by atoms with van der Waals surface area (Å²) in [5, 5.41) is 8.59. The summed E-state index contributed by atoms with van der Waals surface area (Å²) in [6.45, 7) is 1.98. The third-order valence-electron chi connectivity index (χ3n) is 1.82. The van der Waals surface area contributed by atoms with E-state index in [0.29, 0.717) is 11.4 Å². The normalized spacial score (nSPS) is 11.4. The second-order valence-electron chi connectivity index (χ2n) is 3.13. The zero-order chi connectivity index (χ0) is 12.9. The van der Waals surface area contributed by atoms with Gasteiger partial charge in [0, 0.05) is 11.4 Å². The quantitative estimate of drug-likeness (QED) is 0.761. The molecular formula is C10H13NO4S2. The van der Waals surface area contributed by atoms with E-state index in [1.54, 1.807) is 25.1 Å². The molecule has 17 heavy (non-hydrogen) atoms. The number of carboxylic acid groups (broad SMARTS) is 1. The molecule has 0 aliphatic carbocycles. The van der Waals surface area contributed by atoms with Crippen LogP contribution in [0.5, 0.6) is 0 Å². The fraction of sp³-hybridized carbons (Fsp3) is 0.300. The Hall–Kier alpha value is -1.05. The second kappa shape index (κ2) is 6.04. The van der Waals surface area contributed by atoms with Crippen molar-refractivity contribution in [2.75, 3.05) is 12.3 Å². The molecule has 0 bridgehead atoms. The number of hydrogen-bond acceptors (Lipinski definition) is 4. The van der Waals surface area contributed by atoms with Gasteiger partial charge in [0.05, 0.1) is 10.6 Å². The fourth-order valence-electron chi connectivity index (χ4n) is 1.20. The van der Waals surface area contributed by atoms with Crippen molar-refractivity contribution in [3.63, 3.8) is 0 Å². The first-order valence-corrected chi connectivity index (χ1v) is 7.37. The van der Waals surface area contributed by atoms with E-state index in [4.69, 9.17) is 5.11 Å². The summed E-state index contributed by atoms with van der Waals surface area (Å²) >= 11 is 0.989. The van der Waals surface area contributed by atoms with Crippen LogP contribution in [0.2, 0.25) is 0 Å². The highest BCUT2D eigenvalue weighted by Gasteiger charge is 2.17.